The number of para-hydroxylation sites is 2. The summed E-state index contributed by atoms with van der Waals surface area (Å²) in [5.74, 6) is 2.71. The first-order valence-corrected chi connectivity index (χ1v) is 11.0. The van der Waals surface area contributed by atoms with Crippen LogP contribution in [-0.2, 0) is 4.79 Å². The van der Waals surface area contributed by atoms with Gasteiger partial charge in [-0.1, -0.05) is 31.2 Å². The van der Waals surface area contributed by atoms with Crippen LogP contribution in [0.2, 0.25) is 0 Å². The molecule has 5 rings (SSSR count). The molecule has 164 valence electrons. The number of hydrogen-bond donors (Lipinski definition) is 1. The van der Waals surface area contributed by atoms with E-state index in [0.29, 0.717) is 17.2 Å². The van der Waals surface area contributed by atoms with Crippen LogP contribution in [0.25, 0.3) is 11.3 Å². The second kappa shape index (κ2) is 8.86. The first-order chi connectivity index (χ1) is 15.7. The lowest BCUT2D eigenvalue weighted by molar-refractivity contribution is -0.125. The fourth-order valence-corrected chi connectivity index (χ4v) is 3.98. The third-order valence-electron chi connectivity index (χ3n) is 6.01. The van der Waals surface area contributed by atoms with E-state index in [4.69, 9.17) is 9.47 Å². The van der Waals surface area contributed by atoms with Gasteiger partial charge in [0.15, 0.2) is 17.3 Å². The molecule has 1 atom stereocenters. The highest BCUT2D eigenvalue weighted by Gasteiger charge is 2.27. The average molecular weight is 431 g/mol. The van der Waals surface area contributed by atoms with E-state index in [1.165, 1.54) is 12.8 Å². The van der Waals surface area contributed by atoms with Gasteiger partial charge in [0.1, 0.15) is 6.61 Å². The van der Waals surface area contributed by atoms with Crippen molar-refractivity contribution in [2.45, 2.75) is 25.9 Å². The molecule has 1 aromatic heterocycles. The number of ether oxygens (including phenoxy) is 2. The van der Waals surface area contributed by atoms with Crippen molar-refractivity contribution in [2.75, 3.05) is 29.9 Å². The van der Waals surface area contributed by atoms with Gasteiger partial charge in [0.25, 0.3) is 5.91 Å². The van der Waals surface area contributed by atoms with Crippen LogP contribution in [0.4, 0.5) is 11.5 Å². The molecule has 32 heavy (non-hydrogen) atoms. The minimum absolute atomic E-state index is 0.179. The zero-order valence-electron chi connectivity index (χ0n) is 18.0. The van der Waals surface area contributed by atoms with Crippen molar-refractivity contribution in [1.29, 1.82) is 0 Å². The Kier molecular flexibility index (Phi) is 5.62. The topological polar surface area (TPSA) is 76.6 Å². The largest absolute Gasteiger partial charge is 0.485 e. The molecule has 1 N–H and O–H groups in total. The van der Waals surface area contributed by atoms with Gasteiger partial charge in [-0.15, -0.1) is 10.2 Å². The Balaban J connectivity index is 1.20. The quantitative estimate of drug-likeness (QED) is 0.670. The van der Waals surface area contributed by atoms with E-state index >= 15 is 0 Å². The Bertz CT molecular complexity index is 1080. The molecule has 2 aliphatic heterocycles. The minimum Gasteiger partial charge on any atom is -0.485 e. The number of hydrogen-bond acceptors (Lipinski definition) is 6. The van der Waals surface area contributed by atoms with Gasteiger partial charge < -0.3 is 19.7 Å². The van der Waals surface area contributed by atoms with E-state index < -0.39 is 6.10 Å². The zero-order valence-corrected chi connectivity index (χ0v) is 18.0. The molecule has 0 bridgehead atoms. The lowest BCUT2D eigenvalue weighted by Crippen LogP contribution is -2.40. The number of rotatable bonds is 4. The number of benzene rings is 2. The number of nitrogens with one attached hydrogen (secondary N) is 1. The number of fused-ring (bicyclic) bond motifs is 1. The number of anilines is 2. The molecular weight excluding hydrogens is 404 g/mol. The molecule has 0 spiro atoms. The number of nitrogens with zero attached hydrogens (tertiary/aromatic N) is 3. The standard InChI is InChI=1S/C25H26N4O3/c1-17-12-14-29(15-13-17)24-11-10-20(27-28-24)18-6-8-19(9-7-18)26-25(30)23-16-31-21-4-2-3-5-22(21)32-23/h2-11,17,23H,12-16H2,1H3,(H,26,30). The van der Waals surface area contributed by atoms with E-state index in [-0.39, 0.29) is 12.5 Å². The number of amides is 1. The fraction of sp³-hybridized carbons (Fsp3) is 0.320. The van der Waals surface area contributed by atoms with Crippen molar-refractivity contribution < 1.29 is 14.3 Å². The van der Waals surface area contributed by atoms with Gasteiger partial charge in [0.05, 0.1) is 5.69 Å². The van der Waals surface area contributed by atoms with Gasteiger partial charge in [-0.3, -0.25) is 4.79 Å². The highest BCUT2D eigenvalue weighted by molar-refractivity contribution is 5.95. The second-order valence-corrected chi connectivity index (χ2v) is 8.38. The zero-order chi connectivity index (χ0) is 21.9. The summed E-state index contributed by atoms with van der Waals surface area (Å²) in [6, 6.07) is 18.9. The van der Waals surface area contributed by atoms with E-state index in [1.54, 1.807) is 6.07 Å². The van der Waals surface area contributed by atoms with Crippen molar-refractivity contribution >= 4 is 17.4 Å². The summed E-state index contributed by atoms with van der Waals surface area (Å²) in [6.45, 7) is 4.54. The van der Waals surface area contributed by atoms with Crippen molar-refractivity contribution in [1.82, 2.24) is 10.2 Å². The monoisotopic (exact) mass is 430 g/mol. The summed E-state index contributed by atoms with van der Waals surface area (Å²) in [6.07, 6.45) is 1.70. The number of carbonyl (C=O) groups excluding carboxylic acids is 1. The van der Waals surface area contributed by atoms with Crippen molar-refractivity contribution in [3.05, 3.63) is 60.7 Å². The molecule has 0 radical (unpaired) electrons. The lowest BCUT2D eigenvalue weighted by Gasteiger charge is -2.30. The summed E-state index contributed by atoms with van der Waals surface area (Å²) in [5, 5.41) is 11.7. The summed E-state index contributed by atoms with van der Waals surface area (Å²) in [7, 11) is 0. The summed E-state index contributed by atoms with van der Waals surface area (Å²) >= 11 is 0. The van der Waals surface area contributed by atoms with E-state index in [0.717, 1.165) is 36.1 Å². The predicted octanol–water partition coefficient (Wildman–Crippen LogP) is 4.16. The molecule has 2 aliphatic rings. The van der Waals surface area contributed by atoms with Crippen LogP contribution in [0.3, 0.4) is 0 Å². The molecule has 1 fully saturated rings. The van der Waals surface area contributed by atoms with E-state index in [9.17, 15) is 4.79 Å². The minimum atomic E-state index is -0.694. The Hall–Kier alpha value is -3.61. The lowest BCUT2D eigenvalue weighted by atomic mass is 9.99. The Morgan fingerprint density at radius 3 is 2.44 bits per heavy atom. The first kappa shape index (κ1) is 20.3. The molecule has 7 nitrogen and oxygen atoms in total. The van der Waals surface area contributed by atoms with Gasteiger partial charge in [-0.2, -0.15) is 0 Å². The van der Waals surface area contributed by atoms with Crippen LogP contribution >= 0.6 is 0 Å². The smallest absolute Gasteiger partial charge is 0.269 e. The Labute approximate surface area is 187 Å². The third-order valence-corrected chi connectivity index (χ3v) is 6.01. The number of aromatic nitrogens is 2. The summed E-state index contributed by atoms with van der Waals surface area (Å²) < 4.78 is 11.4. The molecule has 1 saturated heterocycles. The highest BCUT2D eigenvalue weighted by Crippen LogP contribution is 2.31. The molecular formula is C25H26N4O3. The summed E-state index contributed by atoms with van der Waals surface area (Å²) in [4.78, 5) is 14.9. The SMILES string of the molecule is CC1CCN(c2ccc(-c3ccc(NC(=O)C4COc5ccccc5O4)cc3)nn2)CC1. The van der Waals surface area contributed by atoms with E-state index in [1.807, 2.05) is 54.6 Å². The van der Waals surface area contributed by atoms with Crippen LogP contribution in [-0.4, -0.2) is 41.9 Å². The maximum Gasteiger partial charge on any atom is 0.269 e. The van der Waals surface area contributed by atoms with Crippen molar-refractivity contribution in [3.63, 3.8) is 0 Å². The van der Waals surface area contributed by atoms with Gasteiger partial charge in [-0.05, 0) is 55.2 Å². The normalized spacial score (nSPS) is 18.3. The Morgan fingerprint density at radius 2 is 1.72 bits per heavy atom. The average Bonchev–Trinajstić information content (AvgIpc) is 2.85. The predicted molar refractivity (Wildman–Crippen MR) is 123 cm³/mol. The molecule has 0 saturated carbocycles. The van der Waals surface area contributed by atoms with Crippen molar-refractivity contribution in [3.8, 4) is 22.8 Å². The van der Waals surface area contributed by atoms with Gasteiger partial charge in [-0.25, -0.2) is 0 Å². The Morgan fingerprint density at radius 1 is 0.969 bits per heavy atom. The van der Waals surface area contributed by atoms with Crippen LogP contribution in [0, 0.1) is 5.92 Å². The molecule has 1 amide bonds. The van der Waals surface area contributed by atoms with Gasteiger partial charge >= 0.3 is 0 Å². The maximum atomic E-state index is 12.6. The van der Waals surface area contributed by atoms with Crippen LogP contribution < -0.4 is 19.7 Å². The van der Waals surface area contributed by atoms with Crippen LogP contribution in [0.15, 0.2) is 60.7 Å². The number of carbonyl (C=O) groups is 1. The summed E-state index contributed by atoms with van der Waals surface area (Å²) in [5.41, 5.74) is 2.44. The van der Waals surface area contributed by atoms with Crippen LogP contribution in [0.5, 0.6) is 11.5 Å². The fourth-order valence-electron chi connectivity index (χ4n) is 3.98. The molecule has 7 heteroatoms. The number of piperidine rings is 1. The first-order valence-electron chi connectivity index (χ1n) is 11.0. The molecule has 0 aliphatic carbocycles. The van der Waals surface area contributed by atoms with Gasteiger partial charge in [0, 0.05) is 24.3 Å². The molecule has 3 aromatic rings. The van der Waals surface area contributed by atoms with Crippen LogP contribution in [0.1, 0.15) is 19.8 Å². The molecule has 3 heterocycles. The highest BCUT2D eigenvalue weighted by atomic mass is 16.6. The molecule has 2 aromatic carbocycles. The van der Waals surface area contributed by atoms with Crippen molar-refractivity contribution in [2.24, 2.45) is 5.92 Å². The third kappa shape index (κ3) is 4.37. The maximum absolute atomic E-state index is 12.6. The second-order valence-electron chi connectivity index (χ2n) is 8.38. The van der Waals surface area contributed by atoms with Gasteiger partial charge in [0.2, 0.25) is 6.10 Å². The van der Waals surface area contributed by atoms with E-state index in [2.05, 4.69) is 27.3 Å². The molecule has 1 unspecified atom stereocenters.